The van der Waals surface area contributed by atoms with Gasteiger partial charge in [0.25, 0.3) is 5.91 Å². The summed E-state index contributed by atoms with van der Waals surface area (Å²) in [5.41, 5.74) is 8.13. The first kappa shape index (κ1) is 13.0. The van der Waals surface area contributed by atoms with Crippen LogP contribution in [0.2, 0.25) is 0 Å². The van der Waals surface area contributed by atoms with Crippen molar-refractivity contribution >= 4 is 22.5 Å². The number of likely N-dealkylation sites (tertiary alicyclic amines) is 1. The first-order valence-electron chi connectivity index (χ1n) is 7.35. The molecule has 106 valence electrons. The topological polar surface area (TPSA) is 62.1 Å². The normalized spacial score (nSPS) is 19.4. The van der Waals surface area contributed by atoms with E-state index < -0.39 is 0 Å². The van der Waals surface area contributed by atoms with Crippen molar-refractivity contribution in [2.75, 3.05) is 18.8 Å². The predicted octanol–water partition coefficient (Wildman–Crippen LogP) is 3.01. The minimum Gasteiger partial charge on any atom is -0.397 e. The lowest BCUT2D eigenvalue weighted by atomic mass is 9.95. The summed E-state index contributed by atoms with van der Waals surface area (Å²) in [4.78, 5) is 17.7. The average molecular weight is 271 g/mol. The van der Waals surface area contributed by atoms with E-state index in [1.807, 2.05) is 29.2 Å². The molecule has 2 heterocycles. The van der Waals surface area contributed by atoms with Crippen LogP contribution in [0.1, 0.15) is 36.7 Å². The van der Waals surface area contributed by atoms with Crippen LogP contribution in [0.4, 0.5) is 5.69 Å². The molecule has 0 spiro atoms. The zero-order valence-electron chi connectivity index (χ0n) is 11.9. The van der Waals surface area contributed by atoms with Crippen LogP contribution in [-0.2, 0) is 0 Å². The van der Waals surface area contributed by atoms with Gasteiger partial charge in [-0.05, 0) is 30.9 Å². The van der Waals surface area contributed by atoms with Gasteiger partial charge in [0.05, 0.1) is 11.2 Å². The van der Waals surface area contributed by atoms with Crippen molar-refractivity contribution in [2.24, 2.45) is 5.92 Å². The molecule has 1 aliphatic heterocycles. The van der Waals surface area contributed by atoms with Crippen molar-refractivity contribution in [3.63, 3.8) is 0 Å². The molecule has 0 bridgehead atoms. The molecule has 4 heteroatoms. The molecule has 0 aliphatic carbocycles. The van der Waals surface area contributed by atoms with Gasteiger partial charge in [-0.25, -0.2) is 0 Å². The summed E-state index contributed by atoms with van der Waals surface area (Å²) >= 11 is 0. The standard InChI is InChI=1S/C16H21N3O/c1-2-11-5-4-8-19(10-11)16(20)14-9-12-6-3-7-13(17)15(12)18-14/h3,6-7,9,11,18H,2,4-5,8,10,17H2,1H3. The maximum atomic E-state index is 12.6. The summed E-state index contributed by atoms with van der Waals surface area (Å²) in [5.74, 6) is 0.737. The van der Waals surface area contributed by atoms with Crippen molar-refractivity contribution in [2.45, 2.75) is 26.2 Å². The lowest BCUT2D eigenvalue weighted by Crippen LogP contribution is -2.39. The third-order valence-electron chi connectivity index (χ3n) is 4.30. The molecule has 1 aromatic carbocycles. The number of nitrogens with two attached hydrogens (primary N) is 1. The number of H-pyrrole nitrogens is 1. The number of para-hydroxylation sites is 1. The molecule has 3 rings (SSSR count). The number of fused-ring (bicyclic) bond motifs is 1. The minimum atomic E-state index is 0.0961. The van der Waals surface area contributed by atoms with Gasteiger partial charge in [-0.3, -0.25) is 4.79 Å². The molecule has 20 heavy (non-hydrogen) atoms. The smallest absolute Gasteiger partial charge is 0.270 e. The van der Waals surface area contributed by atoms with Crippen LogP contribution in [0.3, 0.4) is 0 Å². The van der Waals surface area contributed by atoms with Gasteiger partial charge >= 0.3 is 0 Å². The summed E-state index contributed by atoms with van der Waals surface area (Å²) in [6.07, 6.45) is 3.48. The van der Waals surface area contributed by atoms with Crippen molar-refractivity contribution in [3.8, 4) is 0 Å². The lowest BCUT2D eigenvalue weighted by Gasteiger charge is -2.32. The number of hydrogen-bond acceptors (Lipinski definition) is 2. The molecule has 1 aliphatic rings. The Hall–Kier alpha value is -1.97. The molecule has 1 saturated heterocycles. The van der Waals surface area contributed by atoms with Gasteiger partial charge in [0.15, 0.2) is 0 Å². The highest BCUT2D eigenvalue weighted by atomic mass is 16.2. The highest BCUT2D eigenvalue weighted by Gasteiger charge is 2.24. The van der Waals surface area contributed by atoms with E-state index in [4.69, 9.17) is 5.73 Å². The molecule has 0 saturated carbocycles. The van der Waals surface area contributed by atoms with Gasteiger partial charge in [0, 0.05) is 18.5 Å². The number of aromatic amines is 1. The molecule has 1 amide bonds. The number of nitrogen functional groups attached to an aromatic ring is 1. The molecule has 2 aromatic rings. The van der Waals surface area contributed by atoms with Crippen LogP contribution in [0.25, 0.3) is 10.9 Å². The van der Waals surface area contributed by atoms with Crippen LogP contribution in [0.15, 0.2) is 24.3 Å². The van der Waals surface area contributed by atoms with Crippen molar-refractivity contribution in [3.05, 3.63) is 30.0 Å². The molecule has 1 fully saturated rings. The monoisotopic (exact) mass is 271 g/mol. The first-order valence-corrected chi connectivity index (χ1v) is 7.35. The summed E-state index contributed by atoms with van der Waals surface area (Å²) < 4.78 is 0. The van der Waals surface area contributed by atoms with Gasteiger partial charge in [0.1, 0.15) is 5.69 Å². The molecular formula is C16H21N3O. The van der Waals surface area contributed by atoms with Crippen LogP contribution in [0.5, 0.6) is 0 Å². The third-order valence-corrected chi connectivity index (χ3v) is 4.30. The molecule has 1 atom stereocenters. The fourth-order valence-corrected chi connectivity index (χ4v) is 3.05. The number of carbonyl (C=O) groups excluding carboxylic acids is 1. The molecule has 4 nitrogen and oxygen atoms in total. The third kappa shape index (κ3) is 2.26. The van der Waals surface area contributed by atoms with Crippen LogP contribution >= 0.6 is 0 Å². The highest BCUT2D eigenvalue weighted by molar-refractivity contribution is 6.00. The number of rotatable bonds is 2. The fraction of sp³-hybridized carbons (Fsp3) is 0.438. The van der Waals surface area contributed by atoms with Crippen molar-refractivity contribution < 1.29 is 4.79 Å². The Bertz CT molecular complexity index is 632. The quantitative estimate of drug-likeness (QED) is 0.825. The van der Waals surface area contributed by atoms with E-state index in [9.17, 15) is 4.79 Å². The number of hydrogen-bond donors (Lipinski definition) is 2. The Labute approximate surface area is 118 Å². The average Bonchev–Trinajstić information content (AvgIpc) is 2.92. The van der Waals surface area contributed by atoms with Gasteiger partial charge in [-0.15, -0.1) is 0 Å². The van der Waals surface area contributed by atoms with Crippen LogP contribution in [-0.4, -0.2) is 28.9 Å². The van der Waals surface area contributed by atoms with E-state index in [0.29, 0.717) is 17.3 Å². The van der Waals surface area contributed by atoms with E-state index in [2.05, 4.69) is 11.9 Å². The number of carbonyl (C=O) groups is 1. The second kappa shape index (κ2) is 5.19. The van der Waals surface area contributed by atoms with Gasteiger partial charge in [-0.2, -0.15) is 0 Å². The van der Waals surface area contributed by atoms with E-state index in [-0.39, 0.29) is 5.91 Å². The first-order chi connectivity index (χ1) is 9.69. The SMILES string of the molecule is CCC1CCCN(C(=O)c2cc3cccc(N)c3[nH]2)C1. The van der Waals surface area contributed by atoms with Gasteiger partial charge < -0.3 is 15.6 Å². The van der Waals surface area contributed by atoms with Gasteiger partial charge in [-0.1, -0.05) is 25.5 Å². The Morgan fingerprint density at radius 1 is 1.50 bits per heavy atom. The summed E-state index contributed by atoms with van der Waals surface area (Å²) in [6.45, 7) is 3.93. The number of anilines is 1. The summed E-state index contributed by atoms with van der Waals surface area (Å²) in [5, 5.41) is 0.998. The molecule has 0 radical (unpaired) electrons. The largest absolute Gasteiger partial charge is 0.397 e. The van der Waals surface area contributed by atoms with E-state index in [0.717, 1.165) is 36.8 Å². The number of amides is 1. The second-order valence-electron chi connectivity index (χ2n) is 5.66. The predicted molar refractivity (Wildman–Crippen MR) is 81.6 cm³/mol. The number of piperidine rings is 1. The molecular weight excluding hydrogens is 250 g/mol. The Balaban J connectivity index is 1.86. The second-order valence-corrected chi connectivity index (χ2v) is 5.66. The van der Waals surface area contributed by atoms with E-state index in [1.165, 1.54) is 6.42 Å². The molecule has 1 aromatic heterocycles. The van der Waals surface area contributed by atoms with E-state index in [1.54, 1.807) is 0 Å². The van der Waals surface area contributed by atoms with E-state index >= 15 is 0 Å². The van der Waals surface area contributed by atoms with Crippen molar-refractivity contribution in [1.29, 1.82) is 0 Å². The maximum absolute atomic E-state index is 12.6. The molecule has 3 N–H and O–H groups in total. The zero-order chi connectivity index (χ0) is 14.1. The van der Waals surface area contributed by atoms with Crippen LogP contribution < -0.4 is 5.73 Å². The maximum Gasteiger partial charge on any atom is 0.270 e. The highest BCUT2D eigenvalue weighted by Crippen LogP contribution is 2.24. The summed E-state index contributed by atoms with van der Waals surface area (Å²) in [7, 11) is 0. The Morgan fingerprint density at radius 2 is 2.35 bits per heavy atom. The Morgan fingerprint density at radius 3 is 3.10 bits per heavy atom. The van der Waals surface area contributed by atoms with Crippen molar-refractivity contribution in [1.82, 2.24) is 9.88 Å². The van der Waals surface area contributed by atoms with Gasteiger partial charge in [0.2, 0.25) is 0 Å². The van der Waals surface area contributed by atoms with Crippen LogP contribution in [0, 0.1) is 5.92 Å². The minimum absolute atomic E-state index is 0.0961. The number of benzene rings is 1. The fourth-order valence-electron chi connectivity index (χ4n) is 3.05. The Kier molecular flexibility index (Phi) is 3.38. The summed E-state index contributed by atoms with van der Waals surface area (Å²) in [6, 6.07) is 7.64. The number of nitrogens with one attached hydrogen (secondary N) is 1. The molecule has 1 unspecified atom stereocenters. The number of aromatic nitrogens is 1. The lowest BCUT2D eigenvalue weighted by molar-refractivity contribution is 0.0666. The zero-order valence-corrected chi connectivity index (χ0v) is 11.9. The number of nitrogens with zero attached hydrogens (tertiary/aromatic N) is 1.